The predicted octanol–water partition coefficient (Wildman–Crippen LogP) is 1.63. The molecule has 1 nitrogen and oxygen atoms in total. The number of nitrogens with one attached hydrogen (secondary N) is 1. The first-order valence-electron chi connectivity index (χ1n) is 4.26. The Morgan fingerprint density at radius 2 is 2.00 bits per heavy atom. The quantitative estimate of drug-likeness (QED) is 0.543. The number of hydrogen-bond acceptors (Lipinski definition) is 1. The molecule has 2 rings (SSSR count). The highest BCUT2D eigenvalue weighted by Gasteiger charge is 2.32. The topological polar surface area (TPSA) is 12.0 Å². The van der Waals surface area contributed by atoms with E-state index in [-0.39, 0.29) is 6.04 Å². The highest BCUT2D eigenvalue weighted by Crippen LogP contribution is 2.27. The second kappa shape index (κ2) is 2.50. The Labute approximate surface area is 61.0 Å². The van der Waals surface area contributed by atoms with Crippen molar-refractivity contribution in [1.82, 2.24) is 5.32 Å². The molecule has 2 fully saturated rings. The SMILES string of the molecule is F[C@H]1CC[C@H]2CCC[C@@H]1N2. The molecule has 0 aromatic heterocycles. The molecule has 2 saturated heterocycles. The van der Waals surface area contributed by atoms with Gasteiger partial charge in [-0.25, -0.2) is 4.39 Å². The largest absolute Gasteiger partial charge is 0.308 e. The maximum Gasteiger partial charge on any atom is 0.115 e. The van der Waals surface area contributed by atoms with Crippen molar-refractivity contribution in [2.45, 2.75) is 50.4 Å². The number of rotatable bonds is 0. The molecule has 0 aromatic rings. The fraction of sp³-hybridized carbons (Fsp3) is 1.00. The van der Waals surface area contributed by atoms with Crippen LogP contribution in [0.5, 0.6) is 0 Å². The lowest BCUT2D eigenvalue weighted by molar-refractivity contribution is 0.130. The lowest BCUT2D eigenvalue weighted by atomic mass is 9.86. The molecule has 2 heterocycles. The summed E-state index contributed by atoms with van der Waals surface area (Å²) in [5, 5.41) is 3.33. The van der Waals surface area contributed by atoms with Crippen LogP contribution >= 0.6 is 0 Å². The van der Waals surface area contributed by atoms with Gasteiger partial charge in [-0.3, -0.25) is 0 Å². The first-order valence-corrected chi connectivity index (χ1v) is 4.26. The zero-order valence-electron chi connectivity index (χ0n) is 6.15. The number of fused-ring (bicyclic) bond motifs is 2. The van der Waals surface area contributed by atoms with Gasteiger partial charge in [0.05, 0.1) is 0 Å². The zero-order chi connectivity index (χ0) is 6.97. The van der Waals surface area contributed by atoms with Crippen LogP contribution in [0.4, 0.5) is 4.39 Å². The smallest absolute Gasteiger partial charge is 0.115 e. The van der Waals surface area contributed by atoms with E-state index in [0.717, 1.165) is 19.3 Å². The summed E-state index contributed by atoms with van der Waals surface area (Å²) in [5.74, 6) is 0. The van der Waals surface area contributed by atoms with E-state index in [1.165, 1.54) is 12.8 Å². The van der Waals surface area contributed by atoms with Crippen LogP contribution in [0, 0.1) is 0 Å². The minimum Gasteiger partial charge on any atom is -0.308 e. The van der Waals surface area contributed by atoms with Crippen LogP contribution in [0.2, 0.25) is 0 Å². The van der Waals surface area contributed by atoms with Gasteiger partial charge in [0.1, 0.15) is 6.17 Å². The second-order valence-corrected chi connectivity index (χ2v) is 3.49. The summed E-state index contributed by atoms with van der Waals surface area (Å²) in [7, 11) is 0. The third kappa shape index (κ3) is 1.05. The molecule has 2 heteroatoms. The van der Waals surface area contributed by atoms with Crippen LogP contribution < -0.4 is 5.32 Å². The Kier molecular flexibility index (Phi) is 1.65. The molecule has 2 bridgehead atoms. The standard InChI is InChI=1S/C8H14FN/c9-7-5-4-6-2-1-3-8(7)10-6/h6-8,10H,1-5H2/t6-,7+,8+/m1/s1. The maximum absolute atomic E-state index is 13.0. The highest BCUT2D eigenvalue weighted by atomic mass is 19.1. The first-order chi connectivity index (χ1) is 4.86. The van der Waals surface area contributed by atoms with Gasteiger partial charge in [0.15, 0.2) is 0 Å². The van der Waals surface area contributed by atoms with E-state index >= 15 is 0 Å². The van der Waals surface area contributed by atoms with Gasteiger partial charge in [0.25, 0.3) is 0 Å². The van der Waals surface area contributed by atoms with E-state index in [1.54, 1.807) is 0 Å². The minimum absolute atomic E-state index is 0.201. The Balaban J connectivity index is 2.00. The number of piperidine rings is 2. The summed E-state index contributed by atoms with van der Waals surface area (Å²) in [6.07, 6.45) is 4.83. The van der Waals surface area contributed by atoms with E-state index in [0.29, 0.717) is 6.04 Å². The Morgan fingerprint density at radius 1 is 1.10 bits per heavy atom. The van der Waals surface area contributed by atoms with E-state index in [4.69, 9.17) is 0 Å². The summed E-state index contributed by atoms with van der Waals surface area (Å²) in [6, 6.07) is 0.846. The van der Waals surface area contributed by atoms with Crippen molar-refractivity contribution in [2.75, 3.05) is 0 Å². The average molecular weight is 143 g/mol. The van der Waals surface area contributed by atoms with Gasteiger partial charge in [-0.1, -0.05) is 6.42 Å². The number of hydrogen-bond donors (Lipinski definition) is 1. The lowest BCUT2D eigenvalue weighted by Crippen LogP contribution is -2.51. The summed E-state index contributed by atoms with van der Waals surface area (Å²) < 4.78 is 13.0. The van der Waals surface area contributed by atoms with E-state index in [1.807, 2.05) is 0 Å². The molecule has 10 heavy (non-hydrogen) atoms. The van der Waals surface area contributed by atoms with Crippen molar-refractivity contribution >= 4 is 0 Å². The molecule has 0 unspecified atom stereocenters. The minimum atomic E-state index is -0.559. The lowest BCUT2D eigenvalue weighted by Gasteiger charge is -2.38. The normalized spacial score (nSPS) is 47.1. The van der Waals surface area contributed by atoms with Crippen molar-refractivity contribution in [3.63, 3.8) is 0 Å². The molecule has 1 N–H and O–H groups in total. The van der Waals surface area contributed by atoms with Gasteiger partial charge in [0.2, 0.25) is 0 Å². The third-order valence-corrected chi connectivity index (χ3v) is 2.74. The van der Waals surface area contributed by atoms with Crippen molar-refractivity contribution < 1.29 is 4.39 Å². The van der Waals surface area contributed by atoms with E-state index < -0.39 is 6.17 Å². The van der Waals surface area contributed by atoms with Crippen molar-refractivity contribution in [3.05, 3.63) is 0 Å². The van der Waals surface area contributed by atoms with Crippen molar-refractivity contribution in [3.8, 4) is 0 Å². The molecular formula is C8H14FN. The average Bonchev–Trinajstić information content (AvgIpc) is 1.99. The molecule has 0 aromatic carbocycles. The first kappa shape index (κ1) is 6.59. The van der Waals surface area contributed by atoms with Gasteiger partial charge in [-0.2, -0.15) is 0 Å². The monoisotopic (exact) mass is 143 g/mol. The van der Waals surface area contributed by atoms with Crippen LogP contribution in [0.15, 0.2) is 0 Å². The van der Waals surface area contributed by atoms with Gasteiger partial charge in [-0.05, 0) is 25.7 Å². The van der Waals surface area contributed by atoms with Crippen LogP contribution in [0.25, 0.3) is 0 Å². The van der Waals surface area contributed by atoms with Crippen LogP contribution in [-0.2, 0) is 0 Å². The molecular weight excluding hydrogens is 129 g/mol. The summed E-state index contributed by atoms with van der Waals surface area (Å²) in [4.78, 5) is 0. The maximum atomic E-state index is 13.0. The molecule has 0 spiro atoms. The van der Waals surface area contributed by atoms with Gasteiger partial charge in [-0.15, -0.1) is 0 Å². The predicted molar refractivity (Wildman–Crippen MR) is 38.7 cm³/mol. The van der Waals surface area contributed by atoms with Crippen LogP contribution in [-0.4, -0.2) is 18.3 Å². The second-order valence-electron chi connectivity index (χ2n) is 3.49. The molecule has 0 saturated carbocycles. The molecule has 58 valence electrons. The zero-order valence-corrected chi connectivity index (χ0v) is 6.15. The van der Waals surface area contributed by atoms with Crippen LogP contribution in [0.1, 0.15) is 32.1 Å². The van der Waals surface area contributed by atoms with Crippen LogP contribution in [0.3, 0.4) is 0 Å². The molecule has 2 aliphatic rings. The Hall–Kier alpha value is -0.110. The van der Waals surface area contributed by atoms with Crippen molar-refractivity contribution in [2.24, 2.45) is 0 Å². The summed E-state index contributed by atoms with van der Waals surface area (Å²) in [6.45, 7) is 0. The van der Waals surface area contributed by atoms with Gasteiger partial charge >= 0.3 is 0 Å². The molecule has 0 aliphatic carbocycles. The van der Waals surface area contributed by atoms with Gasteiger partial charge < -0.3 is 5.32 Å². The number of alkyl halides is 1. The molecule has 0 amide bonds. The Morgan fingerprint density at radius 3 is 2.80 bits per heavy atom. The fourth-order valence-corrected chi connectivity index (χ4v) is 2.13. The highest BCUT2D eigenvalue weighted by molar-refractivity contribution is 4.90. The summed E-state index contributed by atoms with van der Waals surface area (Å²) >= 11 is 0. The van der Waals surface area contributed by atoms with Crippen molar-refractivity contribution in [1.29, 1.82) is 0 Å². The molecule has 3 atom stereocenters. The fourth-order valence-electron chi connectivity index (χ4n) is 2.13. The molecule has 0 radical (unpaired) electrons. The molecule has 2 aliphatic heterocycles. The number of halogens is 1. The van der Waals surface area contributed by atoms with E-state index in [2.05, 4.69) is 5.32 Å². The Bertz CT molecular complexity index is 124. The third-order valence-electron chi connectivity index (χ3n) is 2.74. The summed E-state index contributed by atoms with van der Waals surface area (Å²) in [5.41, 5.74) is 0. The van der Waals surface area contributed by atoms with Gasteiger partial charge in [0, 0.05) is 12.1 Å². The van der Waals surface area contributed by atoms with E-state index in [9.17, 15) is 4.39 Å².